The van der Waals surface area contributed by atoms with Crippen molar-refractivity contribution in [1.82, 2.24) is 0 Å². The maximum Gasteiger partial charge on any atom is 0.338 e. The number of ether oxygens (including phenoxy) is 6. The maximum absolute atomic E-state index is 13.4. The molecule has 43 heavy (non-hydrogen) atoms. The molecule has 0 radical (unpaired) electrons. The number of hydrogen-bond acceptors (Lipinski definition) is 11. The molecule has 0 aliphatic carbocycles. The highest BCUT2D eigenvalue weighted by Gasteiger charge is 2.59. The van der Waals surface area contributed by atoms with E-state index < -0.39 is 60.7 Å². The summed E-state index contributed by atoms with van der Waals surface area (Å²) < 4.78 is 34.9. The Morgan fingerprint density at radius 2 is 1.33 bits per heavy atom. The van der Waals surface area contributed by atoms with Gasteiger partial charge in [0.2, 0.25) is 6.10 Å². The maximum atomic E-state index is 13.4. The van der Waals surface area contributed by atoms with E-state index in [1.165, 1.54) is 38.1 Å². The van der Waals surface area contributed by atoms with E-state index in [0.717, 1.165) is 5.56 Å². The van der Waals surface area contributed by atoms with E-state index >= 15 is 0 Å². The summed E-state index contributed by atoms with van der Waals surface area (Å²) in [7, 11) is 0. The first-order valence-corrected chi connectivity index (χ1v) is 13.5. The van der Waals surface area contributed by atoms with Gasteiger partial charge in [-0.2, -0.15) is 0 Å². The number of aliphatic hydroxyl groups excluding tert-OH is 1. The van der Waals surface area contributed by atoms with Crippen molar-refractivity contribution in [2.45, 2.75) is 50.7 Å². The van der Waals surface area contributed by atoms with Crippen molar-refractivity contribution in [1.29, 1.82) is 0 Å². The Hall–Kier alpha value is -4.58. The van der Waals surface area contributed by atoms with Gasteiger partial charge in [0.25, 0.3) is 5.79 Å². The van der Waals surface area contributed by atoms with Gasteiger partial charge in [-0.3, -0.25) is 4.79 Å². The number of carbonyl (C=O) groups is 4. The van der Waals surface area contributed by atoms with Gasteiger partial charge in [-0.25, -0.2) is 14.4 Å². The predicted octanol–water partition coefficient (Wildman–Crippen LogP) is 3.24. The third-order valence-corrected chi connectivity index (χ3v) is 6.57. The second-order valence-electron chi connectivity index (χ2n) is 9.80. The first kappa shape index (κ1) is 31.4. The molecule has 226 valence electrons. The summed E-state index contributed by atoms with van der Waals surface area (Å²) in [6, 6.07) is 25.2. The quantitative estimate of drug-likeness (QED) is 0.259. The normalized spacial score (nSPS) is 23.0. The van der Waals surface area contributed by atoms with E-state index in [1.54, 1.807) is 36.4 Å². The zero-order chi connectivity index (χ0) is 30.8. The van der Waals surface area contributed by atoms with Crippen molar-refractivity contribution in [2.75, 3.05) is 13.2 Å². The smallest absolute Gasteiger partial charge is 0.338 e. The Morgan fingerprint density at radius 3 is 1.86 bits per heavy atom. The van der Waals surface area contributed by atoms with Gasteiger partial charge in [0.1, 0.15) is 25.4 Å². The summed E-state index contributed by atoms with van der Waals surface area (Å²) in [5.41, 5.74) is 1.12. The van der Waals surface area contributed by atoms with Crippen LogP contribution < -0.4 is 0 Å². The lowest BCUT2D eigenvalue weighted by atomic mass is 9.92. The molecule has 1 heterocycles. The molecule has 1 aliphatic rings. The van der Waals surface area contributed by atoms with Crippen LogP contribution in [0.1, 0.15) is 40.1 Å². The van der Waals surface area contributed by atoms with Gasteiger partial charge in [-0.05, 0) is 29.8 Å². The highest BCUT2D eigenvalue weighted by Crippen LogP contribution is 2.38. The van der Waals surface area contributed by atoms with Gasteiger partial charge in [0.05, 0.1) is 17.7 Å². The van der Waals surface area contributed by atoms with Crippen molar-refractivity contribution < 1.29 is 52.7 Å². The molecule has 3 aromatic carbocycles. The van der Waals surface area contributed by atoms with Crippen molar-refractivity contribution >= 4 is 23.9 Å². The van der Waals surface area contributed by atoms with Crippen LogP contribution in [-0.2, 0) is 44.6 Å². The van der Waals surface area contributed by atoms with E-state index in [2.05, 4.69) is 0 Å². The molecule has 0 amide bonds. The van der Waals surface area contributed by atoms with Crippen LogP contribution in [-0.4, -0.2) is 72.4 Å². The summed E-state index contributed by atoms with van der Waals surface area (Å²) in [6.45, 7) is 1.10. The van der Waals surface area contributed by atoms with Gasteiger partial charge < -0.3 is 33.5 Å². The molecule has 3 aromatic rings. The molecule has 1 fully saturated rings. The fraction of sp³-hybridized carbons (Fsp3) is 0.312. The second-order valence-corrected chi connectivity index (χ2v) is 9.80. The number of esters is 4. The van der Waals surface area contributed by atoms with E-state index in [1.807, 2.05) is 30.3 Å². The largest absolute Gasteiger partial charge is 0.463 e. The Labute approximate surface area is 248 Å². The van der Waals surface area contributed by atoms with Crippen LogP contribution in [0.4, 0.5) is 0 Å². The molecule has 0 aromatic heterocycles. The van der Waals surface area contributed by atoms with Crippen LogP contribution in [0, 0.1) is 0 Å². The van der Waals surface area contributed by atoms with Crippen molar-refractivity contribution in [3.63, 3.8) is 0 Å². The van der Waals surface area contributed by atoms with Crippen molar-refractivity contribution in [3.05, 3.63) is 108 Å². The molecule has 0 bridgehead atoms. The lowest BCUT2D eigenvalue weighted by Crippen LogP contribution is -2.68. The molecule has 1 saturated heterocycles. The lowest BCUT2D eigenvalue weighted by Gasteiger charge is -2.49. The SMILES string of the molecule is CC(=O)OC[C@H]1O[C@@](C)(OC(=O)CO)[C@H](OC(=O)c2ccccc2)[C@@H](OC(=O)c2ccccc2)[C@@H]1OCc1ccccc1. The third-order valence-electron chi connectivity index (χ3n) is 6.57. The average molecular weight is 593 g/mol. The molecule has 1 N–H and O–H groups in total. The number of benzene rings is 3. The molecule has 11 nitrogen and oxygen atoms in total. The molecule has 5 atom stereocenters. The van der Waals surface area contributed by atoms with Crippen LogP contribution >= 0.6 is 0 Å². The number of carbonyl (C=O) groups excluding carboxylic acids is 4. The Morgan fingerprint density at radius 1 is 0.791 bits per heavy atom. The van der Waals surface area contributed by atoms with Gasteiger partial charge >= 0.3 is 23.9 Å². The molecule has 0 spiro atoms. The van der Waals surface area contributed by atoms with E-state index in [9.17, 15) is 24.3 Å². The second kappa shape index (κ2) is 14.5. The molecular formula is C32H32O11. The number of aliphatic hydroxyl groups is 1. The van der Waals surface area contributed by atoms with Crippen LogP contribution in [0.2, 0.25) is 0 Å². The minimum absolute atomic E-state index is 0.0112. The Balaban J connectivity index is 1.78. The summed E-state index contributed by atoms with van der Waals surface area (Å²) in [5.74, 6) is -5.48. The van der Waals surface area contributed by atoms with Crippen LogP contribution in [0.15, 0.2) is 91.0 Å². The fourth-order valence-electron chi connectivity index (χ4n) is 4.58. The van der Waals surface area contributed by atoms with Gasteiger partial charge in [-0.15, -0.1) is 0 Å². The highest BCUT2D eigenvalue weighted by atomic mass is 16.8. The summed E-state index contributed by atoms with van der Waals surface area (Å²) in [4.78, 5) is 50.9. The first-order chi connectivity index (χ1) is 20.7. The third kappa shape index (κ3) is 8.25. The number of rotatable bonds is 11. The minimum Gasteiger partial charge on any atom is -0.463 e. The average Bonchev–Trinajstić information content (AvgIpc) is 3.02. The molecule has 0 saturated carbocycles. The fourth-order valence-corrected chi connectivity index (χ4v) is 4.58. The van der Waals surface area contributed by atoms with Gasteiger partial charge in [0, 0.05) is 13.8 Å². The monoisotopic (exact) mass is 592 g/mol. The standard InChI is InChI=1S/C32H32O11/c1-21(34)38-20-25-27(39-19-22-12-6-3-7-13-22)28(40-30(36)23-14-8-4-9-15-23)29(32(2,42-25)43-26(35)18-33)41-31(37)24-16-10-5-11-17-24/h3-17,25,27-29,33H,18-20H2,1-2H3/t25-,27-,28+,29-,32+/m1/s1. The van der Waals surface area contributed by atoms with E-state index in [4.69, 9.17) is 28.4 Å². The molecular weight excluding hydrogens is 560 g/mol. The first-order valence-electron chi connectivity index (χ1n) is 13.5. The minimum atomic E-state index is -2.12. The molecule has 0 unspecified atom stereocenters. The van der Waals surface area contributed by atoms with Crippen LogP contribution in [0.5, 0.6) is 0 Å². The van der Waals surface area contributed by atoms with Crippen LogP contribution in [0.3, 0.4) is 0 Å². The summed E-state index contributed by atoms with van der Waals surface area (Å²) >= 11 is 0. The van der Waals surface area contributed by atoms with E-state index in [-0.39, 0.29) is 24.3 Å². The number of hydrogen-bond donors (Lipinski definition) is 1. The zero-order valence-electron chi connectivity index (χ0n) is 23.6. The van der Waals surface area contributed by atoms with Crippen molar-refractivity contribution in [3.8, 4) is 0 Å². The Bertz CT molecular complexity index is 1380. The molecule has 11 heteroatoms. The van der Waals surface area contributed by atoms with Gasteiger partial charge in [0.15, 0.2) is 6.10 Å². The highest BCUT2D eigenvalue weighted by molar-refractivity contribution is 5.90. The van der Waals surface area contributed by atoms with Gasteiger partial charge in [-0.1, -0.05) is 66.7 Å². The molecule has 4 rings (SSSR count). The topological polar surface area (TPSA) is 144 Å². The zero-order valence-corrected chi connectivity index (χ0v) is 23.6. The summed E-state index contributed by atoms with van der Waals surface area (Å²) in [6.07, 6.45) is -5.42. The Kier molecular flexibility index (Phi) is 10.6. The molecule has 1 aliphatic heterocycles. The lowest BCUT2D eigenvalue weighted by molar-refractivity contribution is -0.348. The predicted molar refractivity (Wildman–Crippen MR) is 149 cm³/mol. The van der Waals surface area contributed by atoms with Crippen LogP contribution in [0.25, 0.3) is 0 Å². The van der Waals surface area contributed by atoms with E-state index in [0.29, 0.717) is 0 Å². The van der Waals surface area contributed by atoms with Crippen molar-refractivity contribution in [2.24, 2.45) is 0 Å². The summed E-state index contributed by atoms with van der Waals surface area (Å²) in [5, 5.41) is 9.47.